The largest absolute Gasteiger partial charge is 0.472 e. The van der Waals surface area contributed by atoms with Gasteiger partial charge >= 0.3 is 0 Å². The quantitative estimate of drug-likeness (QED) is 0.907. The Kier molecular flexibility index (Phi) is 4.42. The summed E-state index contributed by atoms with van der Waals surface area (Å²) < 4.78 is 11.2. The maximum absolute atomic E-state index is 5.70. The molecule has 0 amide bonds. The minimum absolute atomic E-state index is 0.205. The molecule has 0 radical (unpaired) electrons. The van der Waals surface area contributed by atoms with E-state index in [1.807, 2.05) is 33.0 Å². The summed E-state index contributed by atoms with van der Waals surface area (Å²) in [7, 11) is 0. The van der Waals surface area contributed by atoms with Gasteiger partial charge in [-0.2, -0.15) is 0 Å². The standard InChI is InChI=1S/C15H24N2O2/c1-11-13(7-8-18-11)16-9-12-5-6-14(17-10-12)19-15(2,3)4/h5-6,10-11,13,16H,7-9H2,1-4H3/t11-,13+/m0/s1. The van der Waals surface area contributed by atoms with E-state index < -0.39 is 0 Å². The third-order valence-electron chi connectivity index (χ3n) is 3.15. The van der Waals surface area contributed by atoms with Crippen LogP contribution in [0.2, 0.25) is 0 Å². The molecule has 0 aliphatic carbocycles. The van der Waals surface area contributed by atoms with Crippen LogP contribution in [-0.2, 0) is 11.3 Å². The zero-order chi connectivity index (χ0) is 13.9. The minimum atomic E-state index is -0.205. The Morgan fingerprint density at radius 2 is 2.21 bits per heavy atom. The summed E-state index contributed by atoms with van der Waals surface area (Å²) in [6.07, 6.45) is 3.26. The lowest BCUT2D eigenvalue weighted by Gasteiger charge is -2.20. The Bertz CT molecular complexity index is 398. The first kappa shape index (κ1) is 14.3. The van der Waals surface area contributed by atoms with Crippen LogP contribution in [0.25, 0.3) is 0 Å². The molecule has 1 aromatic rings. The van der Waals surface area contributed by atoms with E-state index in [0.29, 0.717) is 18.0 Å². The zero-order valence-electron chi connectivity index (χ0n) is 12.3. The summed E-state index contributed by atoms with van der Waals surface area (Å²) in [5.74, 6) is 0.675. The highest BCUT2D eigenvalue weighted by atomic mass is 16.5. The summed E-state index contributed by atoms with van der Waals surface area (Å²) in [6.45, 7) is 9.85. The topological polar surface area (TPSA) is 43.4 Å². The molecule has 4 nitrogen and oxygen atoms in total. The Balaban J connectivity index is 1.85. The smallest absolute Gasteiger partial charge is 0.213 e. The van der Waals surface area contributed by atoms with Crippen LogP contribution >= 0.6 is 0 Å². The van der Waals surface area contributed by atoms with Gasteiger partial charge in [0.1, 0.15) is 5.60 Å². The highest BCUT2D eigenvalue weighted by Gasteiger charge is 2.23. The normalized spacial score (nSPS) is 23.6. The summed E-state index contributed by atoms with van der Waals surface area (Å²) in [5, 5.41) is 3.51. The van der Waals surface area contributed by atoms with E-state index in [-0.39, 0.29) is 5.60 Å². The number of ether oxygens (including phenoxy) is 2. The van der Waals surface area contributed by atoms with Gasteiger partial charge in [0.05, 0.1) is 6.10 Å². The molecule has 1 aliphatic rings. The molecule has 1 N–H and O–H groups in total. The van der Waals surface area contributed by atoms with Gasteiger partial charge in [0.15, 0.2) is 0 Å². The van der Waals surface area contributed by atoms with Crippen molar-refractivity contribution in [3.63, 3.8) is 0 Å². The molecule has 1 fully saturated rings. The molecular weight excluding hydrogens is 240 g/mol. The van der Waals surface area contributed by atoms with Gasteiger partial charge in [0, 0.05) is 31.5 Å². The van der Waals surface area contributed by atoms with Gasteiger partial charge in [-0.1, -0.05) is 6.07 Å². The highest BCUT2D eigenvalue weighted by molar-refractivity contribution is 5.18. The minimum Gasteiger partial charge on any atom is -0.472 e. The second-order valence-corrected chi connectivity index (χ2v) is 6.07. The summed E-state index contributed by atoms with van der Waals surface area (Å²) in [6, 6.07) is 4.43. The predicted octanol–water partition coefficient (Wildman–Crippen LogP) is 2.53. The number of nitrogens with zero attached hydrogens (tertiary/aromatic N) is 1. The number of hydrogen-bond acceptors (Lipinski definition) is 4. The van der Waals surface area contributed by atoms with Gasteiger partial charge in [-0.25, -0.2) is 4.98 Å². The maximum Gasteiger partial charge on any atom is 0.213 e. The van der Waals surface area contributed by atoms with Crippen LogP contribution in [0.3, 0.4) is 0 Å². The summed E-state index contributed by atoms with van der Waals surface area (Å²) >= 11 is 0. The van der Waals surface area contributed by atoms with Crippen molar-refractivity contribution in [2.45, 2.75) is 58.4 Å². The SMILES string of the molecule is C[C@@H]1OCC[C@H]1NCc1ccc(OC(C)(C)C)nc1. The number of nitrogens with one attached hydrogen (secondary N) is 1. The molecule has 1 aliphatic heterocycles. The van der Waals surface area contributed by atoms with Crippen molar-refractivity contribution in [1.29, 1.82) is 0 Å². The Morgan fingerprint density at radius 3 is 2.74 bits per heavy atom. The molecule has 0 unspecified atom stereocenters. The van der Waals surface area contributed by atoms with E-state index in [9.17, 15) is 0 Å². The summed E-state index contributed by atoms with van der Waals surface area (Å²) in [4.78, 5) is 4.33. The Labute approximate surface area is 115 Å². The molecule has 2 atom stereocenters. The van der Waals surface area contributed by atoms with Crippen molar-refractivity contribution in [1.82, 2.24) is 10.3 Å². The first-order chi connectivity index (χ1) is 8.94. The second kappa shape index (κ2) is 5.88. The number of aromatic nitrogens is 1. The average Bonchev–Trinajstić information content (AvgIpc) is 2.72. The van der Waals surface area contributed by atoms with Crippen LogP contribution in [-0.4, -0.2) is 29.3 Å². The lowest BCUT2D eigenvalue weighted by Crippen LogP contribution is -2.34. The highest BCUT2D eigenvalue weighted by Crippen LogP contribution is 2.16. The fourth-order valence-corrected chi connectivity index (χ4v) is 2.14. The molecule has 19 heavy (non-hydrogen) atoms. The van der Waals surface area contributed by atoms with Crippen molar-refractivity contribution in [2.75, 3.05) is 6.61 Å². The average molecular weight is 264 g/mol. The van der Waals surface area contributed by atoms with Crippen LogP contribution in [0.1, 0.15) is 39.7 Å². The predicted molar refractivity (Wildman–Crippen MR) is 75.3 cm³/mol. The first-order valence-corrected chi connectivity index (χ1v) is 6.93. The van der Waals surface area contributed by atoms with E-state index in [1.54, 1.807) is 0 Å². The van der Waals surface area contributed by atoms with Crippen LogP contribution < -0.4 is 10.1 Å². The van der Waals surface area contributed by atoms with E-state index in [2.05, 4.69) is 23.3 Å². The maximum atomic E-state index is 5.70. The van der Waals surface area contributed by atoms with Crippen molar-refractivity contribution in [3.8, 4) is 5.88 Å². The fourth-order valence-electron chi connectivity index (χ4n) is 2.14. The monoisotopic (exact) mass is 264 g/mol. The van der Waals surface area contributed by atoms with Crippen molar-refractivity contribution >= 4 is 0 Å². The zero-order valence-corrected chi connectivity index (χ0v) is 12.3. The van der Waals surface area contributed by atoms with Gasteiger partial charge in [-0.15, -0.1) is 0 Å². The molecule has 0 bridgehead atoms. The third-order valence-corrected chi connectivity index (χ3v) is 3.15. The second-order valence-electron chi connectivity index (χ2n) is 6.07. The molecule has 2 heterocycles. The van der Waals surface area contributed by atoms with Crippen LogP contribution in [0, 0.1) is 0 Å². The van der Waals surface area contributed by atoms with Gasteiger partial charge < -0.3 is 14.8 Å². The van der Waals surface area contributed by atoms with Gasteiger partial charge in [0.2, 0.25) is 5.88 Å². The van der Waals surface area contributed by atoms with E-state index in [0.717, 1.165) is 19.6 Å². The summed E-state index contributed by atoms with van der Waals surface area (Å²) in [5.41, 5.74) is 0.962. The van der Waals surface area contributed by atoms with Crippen molar-refractivity contribution in [3.05, 3.63) is 23.9 Å². The van der Waals surface area contributed by atoms with Gasteiger partial charge in [0.25, 0.3) is 0 Å². The van der Waals surface area contributed by atoms with E-state index in [4.69, 9.17) is 9.47 Å². The molecule has 1 saturated heterocycles. The van der Waals surface area contributed by atoms with Crippen LogP contribution in [0.4, 0.5) is 0 Å². The molecule has 0 aromatic carbocycles. The van der Waals surface area contributed by atoms with E-state index in [1.165, 1.54) is 5.56 Å². The van der Waals surface area contributed by atoms with E-state index >= 15 is 0 Å². The molecule has 1 aromatic heterocycles. The number of hydrogen-bond donors (Lipinski definition) is 1. The van der Waals surface area contributed by atoms with Crippen LogP contribution in [0.15, 0.2) is 18.3 Å². The molecule has 4 heteroatoms. The van der Waals surface area contributed by atoms with Crippen molar-refractivity contribution < 1.29 is 9.47 Å². The number of rotatable bonds is 4. The molecule has 0 spiro atoms. The lowest BCUT2D eigenvalue weighted by atomic mass is 10.1. The Morgan fingerprint density at radius 1 is 1.42 bits per heavy atom. The number of pyridine rings is 1. The first-order valence-electron chi connectivity index (χ1n) is 6.93. The van der Waals surface area contributed by atoms with Gasteiger partial charge in [-0.3, -0.25) is 0 Å². The van der Waals surface area contributed by atoms with Crippen molar-refractivity contribution in [2.24, 2.45) is 0 Å². The lowest BCUT2D eigenvalue weighted by molar-refractivity contribution is 0.113. The molecule has 106 valence electrons. The molecule has 0 saturated carbocycles. The Hall–Kier alpha value is -1.13. The van der Waals surface area contributed by atoms with Crippen LogP contribution in [0.5, 0.6) is 5.88 Å². The third kappa shape index (κ3) is 4.48. The molecule has 2 rings (SSSR count). The molecular formula is C15H24N2O2. The van der Waals surface area contributed by atoms with Gasteiger partial charge in [-0.05, 0) is 39.7 Å². The fraction of sp³-hybridized carbons (Fsp3) is 0.667.